The predicted molar refractivity (Wildman–Crippen MR) is 150 cm³/mol. The van der Waals surface area contributed by atoms with E-state index in [9.17, 15) is 9.59 Å². The van der Waals surface area contributed by atoms with Crippen LogP contribution in [-0.4, -0.2) is 68.0 Å². The quantitative estimate of drug-likeness (QED) is 0.296. The molecule has 0 aromatic carbocycles. The summed E-state index contributed by atoms with van der Waals surface area (Å²) >= 11 is 13.4. The molecule has 2 saturated heterocycles. The van der Waals surface area contributed by atoms with E-state index in [1.165, 1.54) is 6.08 Å². The van der Waals surface area contributed by atoms with Crippen LogP contribution in [0.25, 0.3) is 5.82 Å². The number of hydrogen-bond acceptors (Lipinski definition) is 7. The number of alkyl halides is 1. The molecule has 2 amide bonds. The molecule has 5 atom stereocenters. The molecule has 2 aromatic rings. The Morgan fingerprint density at radius 3 is 2.67 bits per heavy atom. The summed E-state index contributed by atoms with van der Waals surface area (Å²) in [4.78, 5) is 35.8. The van der Waals surface area contributed by atoms with Crippen molar-refractivity contribution in [1.29, 1.82) is 0 Å². The van der Waals surface area contributed by atoms with Crippen LogP contribution in [0.15, 0.2) is 37.1 Å². The number of aromatic nitrogens is 3. The van der Waals surface area contributed by atoms with Gasteiger partial charge in [0.2, 0.25) is 5.91 Å². The number of fused-ring (bicyclic) bond motifs is 1. The number of imidazole rings is 1. The van der Waals surface area contributed by atoms with Crippen molar-refractivity contribution in [3.63, 3.8) is 0 Å². The zero-order valence-corrected chi connectivity index (χ0v) is 24.0. The van der Waals surface area contributed by atoms with Crippen LogP contribution < -0.4 is 21.5 Å². The van der Waals surface area contributed by atoms with Gasteiger partial charge in [-0.05, 0) is 42.4 Å². The fourth-order valence-electron chi connectivity index (χ4n) is 5.94. The Labute approximate surface area is 238 Å². The highest BCUT2D eigenvalue weighted by molar-refractivity contribution is 6.32. The second-order valence-electron chi connectivity index (χ2n) is 11.7. The van der Waals surface area contributed by atoms with Crippen molar-refractivity contribution < 1.29 is 9.59 Å². The number of pyridine rings is 1. The minimum absolute atomic E-state index is 0.00249. The van der Waals surface area contributed by atoms with Crippen molar-refractivity contribution in [3.8, 4) is 5.82 Å². The molecule has 0 bridgehead atoms. The Kier molecular flexibility index (Phi) is 8.03. The smallest absolute Gasteiger partial charge is 0.271 e. The number of rotatable bonds is 7. The fraction of sp³-hybridized carbons (Fsp3) is 0.556. The zero-order valence-electron chi connectivity index (χ0n) is 22.5. The lowest BCUT2D eigenvalue weighted by atomic mass is 9.67. The van der Waals surface area contributed by atoms with Gasteiger partial charge >= 0.3 is 0 Å². The third kappa shape index (κ3) is 5.71. The molecular weight excluding hydrogens is 539 g/mol. The largest absolute Gasteiger partial charge is 0.344 e. The van der Waals surface area contributed by atoms with E-state index in [2.05, 4.69) is 58.8 Å². The average molecular weight is 576 g/mol. The lowest BCUT2D eigenvalue weighted by Crippen LogP contribution is -2.60. The normalized spacial score (nSPS) is 27.1. The maximum Gasteiger partial charge on any atom is 0.271 e. The monoisotopic (exact) mass is 574 g/mol. The number of carbonyl (C=O) groups excluding carboxylic acids is 2. The molecule has 1 saturated carbocycles. The van der Waals surface area contributed by atoms with E-state index in [4.69, 9.17) is 23.2 Å². The van der Waals surface area contributed by atoms with Gasteiger partial charge in [0.25, 0.3) is 5.91 Å². The minimum Gasteiger partial charge on any atom is -0.344 e. The SMILES string of the molecule is C=CC(=O)N1CC(NC(=O)c2c(Cl)nc(CNC3NNC4CC(Cl)C(C(C)(C)C)CC43)n2-c2ccccn2)C1. The first-order chi connectivity index (χ1) is 18.6. The van der Waals surface area contributed by atoms with Crippen LogP contribution in [-0.2, 0) is 11.3 Å². The summed E-state index contributed by atoms with van der Waals surface area (Å²) in [5, 5.41) is 6.78. The van der Waals surface area contributed by atoms with Crippen LogP contribution in [0.1, 0.15) is 49.9 Å². The number of hydrogen-bond donors (Lipinski definition) is 4. The van der Waals surface area contributed by atoms with Gasteiger partial charge in [0.1, 0.15) is 11.6 Å². The predicted octanol–water partition coefficient (Wildman–Crippen LogP) is 2.62. The molecule has 5 unspecified atom stereocenters. The summed E-state index contributed by atoms with van der Waals surface area (Å²) < 4.78 is 1.70. The van der Waals surface area contributed by atoms with Gasteiger partial charge < -0.3 is 10.2 Å². The van der Waals surface area contributed by atoms with Crippen molar-refractivity contribution in [3.05, 3.63) is 53.7 Å². The number of carbonyl (C=O) groups is 2. The average Bonchev–Trinajstić information content (AvgIpc) is 3.42. The molecule has 2 aliphatic heterocycles. The van der Waals surface area contributed by atoms with Crippen molar-refractivity contribution in [2.24, 2.45) is 17.3 Å². The second kappa shape index (κ2) is 11.2. The Morgan fingerprint density at radius 1 is 1.23 bits per heavy atom. The highest BCUT2D eigenvalue weighted by Gasteiger charge is 2.47. The van der Waals surface area contributed by atoms with Crippen LogP contribution >= 0.6 is 23.2 Å². The lowest BCUT2D eigenvalue weighted by molar-refractivity contribution is -0.130. The van der Waals surface area contributed by atoms with Gasteiger partial charge in [-0.3, -0.25) is 24.9 Å². The molecule has 0 spiro atoms. The Bertz CT molecular complexity index is 1220. The molecule has 12 heteroatoms. The zero-order chi connectivity index (χ0) is 27.9. The number of amides is 2. The van der Waals surface area contributed by atoms with Gasteiger partial charge in [0, 0.05) is 36.6 Å². The molecule has 3 fully saturated rings. The molecule has 3 aliphatic rings. The number of hydrazine groups is 1. The van der Waals surface area contributed by atoms with Crippen LogP contribution in [0.2, 0.25) is 5.15 Å². The summed E-state index contributed by atoms with van der Waals surface area (Å²) in [6.07, 6.45) is 4.82. The third-order valence-electron chi connectivity index (χ3n) is 8.10. The van der Waals surface area contributed by atoms with Crippen molar-refractivity contribution >= 4 is 35.0 Å². The Balaban J connectivity index is 1.33. The van der Waals surface area contributed by atoms with E-state index >= 15 is 0 Å². The number of likely N-dealkylation sites (tertiary alicyclic amines) is 1. The molecule has 5 rings (SSSR count). The summed E-state index contributed by atoms with van der Waals surface area (Å²) in [5.74, 6) is 1.34. The summed E-state index contributed by atoms with van der Waals surface area (Å²) in [5.41, 5.74) is 7.15. The van der Waals surface area contributed by atoms with Crippen molar-refractivity contribution in [2.75, 3.05) is 13.1 Å². The number of nitrogens with zero attached hydrogens (tertiary/aromatic N) is 4. The molecule has 39 heavy (non-hydrogen) atoms. The van der Waals surface area contributed by atoms with Crippen LogP contribution in [0, 0.1) is 17.3 Å². The molecule has 2 aromatic heterocycles. The van der Waals surface area contributed by atoms with E-state index < -0.39 is 0 Å². The molecule has 4 N–H and O–H groups in total. The van der Waals surface area contributed by atoms with Crippen molar-refractivity contribution in [2.45, 2.75) is 63.8 Å². The highest BCUT2D eigenvalue weighted by Crippen LogP contribution is 2.44. The molecular formula is C27H36Cl2N8O2. The maximum absolute atomic E-state index is 13.4. The maximum atomic E-state index is 13.4. The van der Waals surface area contributed by atoms with Gasteiger partial charge in [-0.1, -0.05) is 45.0 Å². The first kappa shape index (κ1) is 28.0. The molecule has 4 heterocycles. The molecule has 0 radical (unpaired) electrons. The van der Waals surface area contributed by atoms with Gasteiger partial charge in [0.15, 0.2) is 10.8 Å². The van der Waals surface area contributed by atoms with E-state index in [1.54, 1.807) is 15.7 Å². The van der Waals surface area contributed by atoms with E-state index in [0.29, 0.717) is 43.1 Å². The Hall–Kier alpha value is -2.50. The standard InChI is InChI=1S/C27H36Cl2N8O2/c1-5-22(38)36-13-15(14-36)32-26(39)23-24(29)33-21(37(23)20-8-6-7-9-30-20)12-31-25-16-10-17(27(2,3)4)18(28)11-19(16)34-35-25/h5-9,15-19,25,31,34-35H,1,10-14H2,2-4H3,(H,32,39). The highest BCUT2D eigenvalue weighted by atomic mass is 35.5. The first-order valence-electron chi connectivity index (χ1n) is 13.4. The van der Waals surface area contributed by atoms with Gasteiger partial charge in [-0.2, -0.15) is 0 Å². The van der Waals surface area contributed by atoms with E-state index in [-0.39, 0.29) is 51.7 Å². The van der Waals surface area contributed by atoms with Crippen LogP contribution in [0.5, 0.6) is 0 Å². The number of nitrogens with one attached hydrogen (secondary N) is 4. The van der Waals surface area contributed by atoms with Gasteiger partial charge in [-0.15, -0.1) is 11.6 Å². The summed E-state index contributed by atoms with van der Waals surface area (Å²) in [6, 6.07) is 5.58. The third-order valence-corrected chi connectivity index (χ3v) is 8.85. The van der Waals surface area contributed by atoms with Gasteiger partial charge in [0.05, 0.1) is 18.8 Å². The second-order valence-corrected chi connectivity index (χ2v) is 12.6. The molecule has 210 valence electrons. The Morgan fingerprint density at radius 2 is 2.00 bits per heavy atom. The van der Waals surface area contributed by atoms with Crippen molar-refractivity contribution in [1.82, 2.24) is 40.9 Å². The minimum atomic E-state index is -0.366. The molecule has 1 aliphatic carbocycles. The van der Waals surface area contributed by atoms with Crippen LogP contribution in [0.4, 0.5) is 0 Å². The summed E-state index contributed by atoms with van der Waals surface area (Å²) in [7, 11) is 0. The fourth-order valence-corrected chi connectivity index (χ4v) is 6.88. The van der Waals surface area contributed by atoms with E-state index in [0.717, 1.165) is 12.8 Å². The van der Waals surface area contributed by atoms with Crippen LogP contribution in [0.3, 0.4) is 0 Å². The lowest BCUT2D eigenvalue weighted by Gasteiger charge is -2.43. The van der Waals surface area contributed by atoms with E-state index in [1.807, 2.05) is 18.2 Å². The van der Waals surface area contributed by atoms with Gasteiger partial charge in [-0.25, -0.2) is 15.4 Å². The topological polar surface area (TPSA) is 116 Å². The number of halogens is 2. The first-order valence-corrected chi connectivity index (χ1v) is 14.2. The summed E-state index contributed by atoms with van der Waals surface area (Å²) in [6.45, 7) is 11.5. The molecule has 10 nitrogen and oxygen atoms in total.